The van der Waals surface area contributed by atoms with Gasteiger partial charge in [0.1, 0.15) is 0 Å². The van der Waals surface area contributed by atoms with Gasteiger partial charge in [-0.25, -0.2) is 0 Å². The maximum absolute atomic E-state index is 6.15. The highest BCUT2D eigenvalue weighted by atomic mass is 16.6. The molecule has 0 radical (unpaired) electrons. The molecule has 3 heteroatoms. The molecule has 1 N–H and O–H groups in total. The molecule has 2 saturated heterocycles. The van der Waals surface area contributed by atoms with Crippen molar-refractivity contribution in [2.75, 3.05) is 26.4 Å². The third-order valence-electron chi connectivity index (χ3n) is 6.62. The number of fused-ring (bicyclic) bond motifs is 1. The Hall–Kier alpha value is -0.120. The van der Waals surface area contributed by atoms with E-state index in [4.69, 9.17) is 9.47 Å². The molecule has 4 fully saturated rings. The van der Waals surface area contributed by atoms with Gasteiger partial charge in [0.15, 0.2) is 0 Å². The molecule has 1 spiro atoms. The maximum Gasteiger partial charge on any atom is 0.0939 e. The van der Waals surface area contributed by atoms with Crippen LogP contribution in [-0.2, 0) is 9.47 Å². The summed E-state index contributed by atoms with van der Waals surface area (Å²) < 4.78 is 11.8. The molecule has 5 unspecified atom stereocenters. The van der Waals surface area contributed by atoms with Gasteiger partial charge in [-0.15, -0.1) is 0 Å². The lowest BCUT2D eigenvalue weighted by atomic mass is 9.78. The smallest absolute Gasteiger partial charge is 0.0939 e. The van der Waals surface area contributed by atoms with Gasteiger partial charge in [-0.05, 0) is 62.3 Å². The van der Waals surface area contributed by atoms with Crippen LogP contribution in [0.15, 0.2) is 0 Å². The average Bonchev–Trinajstić information content (AvgIpc) is 2.87. The Morgan fingerprint density at radius 1 is 1.19 bits per heavy atom. The average molecular weight is 293 g/mol. The summed E-state index contributed by atoms with van der Waals surface area (Å²) in [7, 11) is 0. The minimum Gasteiger partial charge on any atom is -0.378 e. The molecule has 4 rings (SSSR count). The molecule has 5 atom stereocenters. The number of ether oxygens (including phenoxy) is 2. The van der Waals surface area contributed by atoms with Gasteiger partial charge in [-0.2, -0.15) is 0 Å². The minimum atomic E-state index is 0.0685. The molecule has 3 nitrogen and oxygen atoms in total. The zero-order chi connectivity index (χ0) is 14.3. The summed E-state index contributed by atoms with van der Waals surface area (Å²) >= 11 is 0. The van der Waals surface area contributed by atoms with E-state index in [1.165, 1.54) is 45.1 Å². The van der Waals surface area contributed by atoms with E-state index in [1.54, 1.807) is 0 Å². The van der Waals surface area contributed by atoms with Gasteiger partial charge >= 0.3 is 0 Å². The van der Waals surface area contributed by atoms with Crippen LogP contribution < -0.4 is 5.32 Å². The maximum atomic E-state index is 6.15. The van der Waals surface area contributed by atoms with Gasteiger partial charge in [0.05, 0.1) is 12.2 Å². The Balaban J connectivity index is 1.44. The zero-order valence-corrected chi connectivity index (χ0v) is 13.5. The van der Waals surface area contributed by atoms with Crippen molar-refractivity contribution < 1.29 is 9.47 Å². The molecular weight excluding hydrogens is 262 g/mol. The Bertz CT molecular complexity index is 356. The Morgan fingerprint density at radius 2 is 2.05 bits per heavy atom. The van der Waals surface area contributed by atoms with Crippen LogP contribution in [0.1, 0.15) is 51.9 Å². The van der Waals surface area contributed by atoms with Crippen LogP contribution in [0.25, 0.3) is 0 Å². The van der Waals surface area contributed by atoms with Gasteiger partial charge in [0, 0.05) is 25.7 Å². The van der Waals surface area contributed by atoms with E-state index >= 15 is 0 Å². The van der Waals surface area contributed by atoms with E-state index < -0.39 is 0 Å². The van der Waals surface area contributed by atoms with Crippen LogP contribution in [0.3, 0.4) is 0 Å². The van der Waals surface area contributed by atoms with Crippen molar-refractivity contribution in [2.24, 2.45) is 23.7 Å². The lowest BCUT2D eigenvalue weighted by molar-refractivity contribution is -0.104. The molecule has 2 saturated carbocycles. The van der Waals surface area contributed by atoms with Crippen LogP contribution in [0.2, 0.25) is 0 Å². The third-order valence-corrected chi connectivity index (χ3v) is 6.62. The summed E-state index contributed by atoms with van der Waals surface area (Å²) in [5.41, 5.74) is 0.0685. The first-order valence-corrected chi connectivity index (χ1v) is 9.28. The van der Waals surface area contributed by atoms with Crippen molar-refractivity contribution >= 4 is 0 Å². The first-order valence-electron chi connectivity index (χ1n) is 9.28. The van der Waals surface area contributed by atoms with Crippen LogP contribution in [-0.4, -0.2) is 38.0 Å². The molecule has 2 heterocycles. The molecular formula is C18H31NO2. The summed E-state index contributed by atoms with van der Waals surface area (Å²) in [5, 5.41) is 3.94. The van der Waals surface area contributed by atoms with Crippen molar-refractivity contribution in [1.82, 2.24) is 5.32 Å². The molecule has 0 aromatic heterocycles. The van der Waals surface area contributed by atoms with E-state index in [0.29, 0.717) is 0 Å². The fourth-order valence-corrected chi connectivity index (χ4v) is 5.57. The topological polar surface area (TPSA) is 30.5 Å². The van der Waals surface area contributed by atoms with Crippen LogP contribution in [0.4, 0.5) is 0 Å². The van der Waals surface area contributed by atoms with Crippen molar-refractivity contribution in [3.63, 3.8) is 0 Å². The SMILES string of the molecule is CCCNC(C1CCOC2(CCOC2)C1)C1C2CCCC21. The molecule has 0 bridgehead atoms. The first kappa shape index (κ1) is 14.5. The molecule has 0 aromatic carbocycles. The van der Waals surface area contributed by atoms with E-state index in [-0.39, 0.29) is 5.60 Å². The summed E-state index contributed by atoms with van der Waals surface area (Å²) in [6.45, 7) is 6.14. The number of rotatable bonds is 5. The lowest BCUT2D eigenvalue weighted by Crippen LogP contribution is -2.48. The van der Waals surface area contributed by atoms with Crippen molar-refractivity contribution in [3.05, 3.63) is 0 Å². The molecule has 120 valence electrons. The third kappa shape index (κ3) is 2.66. The molecule has 21 heavy (non-hydrogen) atoms. The van der Waals surface area contributed by atoms with Gasteiger partial charge in [-0.3, -0.25) is 0 Å². The Labute approximate surface area is 129 Å². The van der Waals surface area contributed by atoms with Crippen molar-refractivity contribution in [3.8, 4) is 0 Å². The summed E-state index contributed by atoms with van der Waals surface area (Å²) in [6, 6.07) is 0.752. The van der Waals surface area contributed by atoms with Crippen molar-refractivity contribution in [1.29, 1.82) is 0 Å². The monoisotopic (exact) mass is 293 g/mol. The van der Waals surface area contributed by atoms with Gasteiger partial charge in [-0.1, -0.05) is 13.3 Å². The van der Waals surface area contributed by atoms with E-state index in [1.807, 2.05) is 0 Å². The second-order valence-electron chi connectivity index (χ2n) is 7.90. The number of hydrogen-bond acceptors (Lipinski definition) is 3. The second kappa shape index (κ2) is 5.82. The molecule has 2 aliphatic carbocycles. The fourth-order valence-electron chi connectivity index (χ4n) is 5.57. The van der Waals surface area contributed by atoms with Crippen LogP contribution >= 0.6 is 0 Å². The zero-order valence-electron chi connectivity index (χ0n) is 13.5. The van der Waals surface area contributed by atoms with E-state index in [9.17, 15) is 0 Å². The number of hydrogen-bond donors (Lipinski definition) is 1. The summed E-state index contributed by atoms with van der Waals surface area (Å²) in [6.07, 6.45) is 9.31. The fraction of sp³-hybridized carbons (Fsp3) is 1.00. The quantitative estimate of drug-likeness (QED) is 0.845. The van der Waals surface area contributed by atoms with Gasteiger partial charge < -0.3 is 14.8 Å². The van der Waals surface area contributed by atoms with Crippen molar-refractivity contribution in [2.45, 2.75) is 63.5 Å². The summed E-state index contributed by atoms with van der Waals surface area (Å²) in [5.74, 6) is 3.89. The molecule has 4 aliphatic rings. The number of nitrogens with one attached hydrogen (secondary N) is 1. The Morgan fingerprint density at radius 3 is 2.76 bits per heavy atom. The van der Waals surface area contributed by atoms with E-state index in [2.05, 4.69) is 12.2 Å². The predicted octanol–water partition coefficient (Wildman–Crippen LogP) is 2.99. The predicted molar refractivity (Wildman–Crippen MR) is 83.2 cm³/mol. The van der Waals surface area contributed by atoms with Gasteiger partial charge in [0.25, 0.3) is 0 Å². The molecule has 0 aromatic rings. The lowest BCUT2D eigenvalue weighted by Gasteiger charge is -2.41. The summed E-state index contributed by atoms with van der Waals surface area (Å²) in [4.78, 5) is 0. The molecule has 2 aliphatic heterocycles. The van der Waals surface area contributed by atoms with Crippen LogP contribution in [0.5, 0.6) is 0 Å². The van der Waals surface area contributed by atoms with E-state index in [0.717, 1.165) is 56.0 Å². The standard InChI is InChI=1S/C18H31NO2/c1-2-8-19-17(16-14-4-3-5-15(14)16)13-6-9-21-18(11-13)7-10-20-12-18/h13-17,19H,2-12H2,1H3. The highest BCUT2D eigenvalue weighted by Gasteiger charge is 2.58. The Kier molecular flexibility index (Phi) is 4.01. The minimum absolute atomic E-state index is 0.0685. The first-order chi connectivity index (χ1) is 10.3. The largest absolute Gasteiger partial charge is 0.378 e. The van der Waals surface area contributed by atoms with Crippen LogP contribution in [0, 0.1) is 23.7 Å². The normalized spacial score (nSPS) is 46.7. The molecule has 0 amide bonds. The van der Waals surface area contributed by atoms with Gasteiger partial charge in [0.2, 0.25) is 0 Å². The second-order valence-corrected chi connectivity index (χ2v) is 7.90. The highest BCUT2D eigenvalue weighted by molar-refractivity contribution is 5.09. The highest BCUT2D eigenvalue weighted by Crippen LogP contribution is 2.60.